The summed E-state index contributed by atoms with van der Waals surface area (Å²) in [5.41, 5.74) is 0. The topological polar surface area (TPSA) is 24.6 Å². The van der Waals surface area contributed by atoms with Crippen molar-refractivity contribution in [3.05, 3.63) is 0 Å². The molecule has 0 radical (unpaired) electrons. The van der Waals surface area contributed by atoms with Crippen LogP contribution in [0.1, 0.15) is 20.3 Å². The van der Waals surface area contributed by atoms with Gasteiger partial charge in [0.05, 0.1) is 6.10 Å². The predicted octanol–water partition coefficient (Wildman–Crippen LogP) is 0.731. The second kappa shape index (κ2) is 2.46. The standard InChI is InChI=1S/C6H13NO/c1-3-4-7-6-5(2)8-6/h5-7H,3-4H2,1-2H3. The lowest BCUT2D eigenvalue weighted by Crippen LogP contribution is -2.19. The molecule has 0 aromatic rings. The fourth-order valence-electron chi connectivity index (χ4n) is 0.687. The Morgan fingerprint density at radius 2 is 2.25 bits per heavy atom. The quantitative estimate of drug-likeness (QED) is 0.548. The van der Waals surface area contributed by atoms with Gasteiger partial charge in [-0.3, -0.25) is 5.32 Å². The summed E-state index contributed by atoms with van der Waals surface area (Å²) >= 11 is 0. The van der Waals surface area contributed by atoms with E-state index in [9.17, 15) is 0 Å². The van der Waals surface area contributed by atoms with Crippen LogP contribution in [0.5, 0.6) is 0 Å². The van der Waals surface area contributed by atoms with Gasteiger partial charge in [-0.25, -0.2) is 0 Å². The molecule has 0 spiro atoms. The molecule has 1 aliphatic heterocycles. The molecule has 1 aliphatic rings. The third-order valence-corrected chi connectivity index (χ3v) is 1.31. The Labute approximate surface area is 50.2 Å². The van der Waals surface area contributed by atoms with Crippen molar-refractivity contribution in [3.63, 3.8) is 0 Å². The van der Waals surface area contributed by atoms with Crippen LogP contribution in [0.25, 0.3) is 0 Å². The van der Waals surface area contributed by atoms with E-state index in [0.29, 0.717) is 12.3 Å². The third-order valence-electron chi connectivity index (χ3n) is 1.31. The highest BCUT2D eigenvalue weighted by molar-refractivity contribution is 4.76. The van der Waals surface area contributed by atoms with Gasteiger partial charge in [0.25, 0.3) is 0 Å². The molecule has 0 aromatic carbocycles. The maximum atomic E-state index is 5.11. The number of epoxide rings is 1. The highest BCUT2D eigenvalue weighted by Crippen LogP contribution is 2.16. The van der Waals surface area contributed by atoms with Crippen LogP contribution in [0.15, 0.2) is 0 Å². The Morgan fingerprint density at radius 1 is 1.62 bits per heavy atom. The van der Waals surface area contributed by atoms with Crippen LogP contribution < -0.4 is 5.32 Å². The number of ether oxygens (including phenoxy) is 1. The lowest BCUT2D eigenvalue weighted by molar-refractivity contribution is 0.350. The molecule has 8 heavy (non-hydrogen) atoms. The third kappa shape index (κ3) is 1.46. The summed E-state index contributed by atoms with van der Waals surface area (Å²) in [7, 11) is 0. The zero-order valence-corrected chi connectivity index (χ0v) is 5.48. The van der Waals surface area contributed by atoms with Gasteiger partial charge in [-0.1, -0.05) is 6.92 Å². The zero-order valence-electron chi connectivity index (χ0n) is 5.48. The van der Waals surface area contributed by atoms with E-state index in [1.165, 1.54) is 6.42 Å². The van der Waals surface area contributed by atoms with Gasteiger partial charge in [-0.05, 0) is 19.9 Å². The maximum Gasteiger partial charge on any atom is 0.134 e. The predicted molar refractivity (Wildman–Crippen MR) is 32.6 cm³/mol. The molecular formula is C6H13NO. The van der Waals surface area contributed by atoms with Gasteiger partial charge in [0.15, 0.2) is 0 Å². The van der Waals surface area contributed by atoms with Gasteiger partial charge in [-0.2, -0.15) is 0 Å². The summed E-state index contributed by atoms with van der Waals surface area (Å²) in [6, 6.07) is 0. The Kier molecular flexibility index (Phi) is 1.86. The first-order chi connectivity index (χ1) is 3.84. The van der Waals surface area contributed by atoms with E-state index in [0.717, 1.165) is 6.54 Å². The van der Waals surface area contributed by atoms with Gasteiger partial charge < -0.3 is 4.74 Å². The second-order valence-corrected chi connectivity index (χ2v) is 2.22. The molecule has 0 amide bonds. The molecule has 2 unspecified atom stereocenters. The highest BCUT2D eigenvalue weighted by atomic mass is 16.6. The molecule has 0 bridgehead atoms. The van der Waals surface area contributed by atoms with Gasteiger partial charge in [0.2, 0.25) is 0 Å². The smallest absolute Gasteiger partial charge is 0.134 e. The highest BCUT2D eigenvalue weighted by Gasteiger charge is 2.32. The summed E-state index contributed by atoms with van der Waals surface area (Å²) in [5, 5.41) is 3.23. The average molecular weight is 115 g/mol. The monoisotopic (exact) mass is 115 g/mol. The largest absolute Gasteiger partial charge is 0.354 e. The Hall–Kier alpha value is -0.0800. The summed E-state index contributed by atoms with van der Waals surface area (Å²) in [5.74, 6) is 0. The normalized spacial score (nSPS) is 35.2. The lowest BCUT2D eigenvalue weighted by atomic mass is 10.4. The molecule has 2 heteroatoms. The van der Waals surface area contributed by atoms with Crippen molar-refractivity contribution < 1.29 is 4.74 Å². The average Bonchev–Trinajstić information content (AvgIpc) is 2.42. The molecule has 1 saturated heterocycles. The molecule has 2 nitrogen and oxygen atoms in total. The second-order valence-electron chi connectivity index (χ2n) is 2.22. The number of nitrogens with one attached hydrogen (secondary N) is 1. The SMILES string of the molecule is CCCNC1OC1C. The summed E-state index contributed by atoms with van der Waals surface area (Å²) in [4.78, 5) is 0. The molecule has 1 fully saturated rings. The molecule has 0 aromatic heterocycles. The number of rotatable bonds is 3. The summed E-state index contributed by atoms with van der Waals surface area (Å²) in [6.07, 6.45) is 2.02. The van der Waals surface area contributed by atoms with E-state index in [4.69, 9.17) is 4.74 Å². The van der Waals surface area contributed by atoms with Crippen molar-refractivity contribution in [2.24, 2.45) is 0 Å². The molecule has 0 saturated carbocycles. The van der Waals surface area contributed by atoms with Gasteiger partial charge in [-0.15, -0.1) is 0 Å². The van der Waals surface area contributed by atoms with Crippen LogP contribution in [0.3, 0.4) is 0 Å². The minimum atomic E-state index is 0.370. The van der Waals surface area contributed by atoms with Crippen molar-refractivity contribution in [3.8, 4) is 0 Å². The van der Waals surface area contributed by atoms with E-state index in [1.807, 2.05) is 0 Å². The van der Waals surface area contributed by atoms with Gasteiger partial charge in [0, 0.05) is 0 Å². The van der Waals surface area contributed by atoms with Crippen LogP contribution in [-0.4, -0.2) is 18.9 Å². The first kappa shape index (κ1) is 6.05. The first-order valence-corrected chi connectivity index (χ1v) is 3.23. The molecule has 1 rings (SSSR count). The Balaban J connectivity index is 1.89. The van der Waals surface area contributed by atoms with Crippen molar-refractivity contribution >= 4 is 0 Å². The van der Waals surface area contributed by atoms with E-state index in [2.05, 4.69) is 19.2 Å². The van der Waals surface area contributed by atoms with Gasteiger partial charge >= 0.3 is 0 Å². The van der Waals surface area contributed by atoms with Crippen molar-refractivity contribution in [1.29, 1.82) is 0 Å². The first-order valence-electron chi connectivity index (χ1n) is 3.23. The fraction of sp³-hybridized carbons (Fsp3) is 1.00. The van der Waals surface area contributed by atoms with Crippen LogP contribution in [0.4, 0.5) is 0 Å². The van der Waals surface area contributed by atoms with E-state index >= 15 is 0 Å². The zero-order chi connectivity index (χ0) is 5.98. The van der Waals surface area contributed by atoms with E-state index in [-0.39, 0.29) is 0 Å². The fourth-order valence-corrected chi connectivity index (χ4v) is 0.687. The van der Waals surface area contributed by atoms with E-state index in [1.54, 1.807) is 0 Å². The molecule has 1 N–H and O–H groups in total. The Bertz CT molecular complexity index is 74.9. The molecule has 0 aliphatic carbocycles. The minimum absolute atomic E-state index is 0.370. The number of hydrogen-bond acceptors (Lipinski definition) is 2. The van der Waals surface area contributed by atoms with Crippen LogP contribution in [0, 0.1) is 0 Å². The lowest BCUT2D eigenvalue weighted by Gasteiger charge is -1.92. The Morgan fingerprint density at radius 3 is 2.62 bits per heavy atom. The van der Waals surface area contributed by atoms with Crippen molar-refractivity contribution in [2.45, 2.75) is 32.6 Å². The van der Waals surface area contributed by atoms with E-state index < -0.39 is 0 Å². The molecular weight excluding hydrogens is 102 g/mol. The number of hydrogen-bond donors (Lipinski definition) is 1. The van der Waals surface area contributed by atoms with Crippen molar-refractivity contribution in [1.82, 2.24) is 5.32 Å². The summed E-state index contributed by atoms with van der Waals surface area (Å²) < 4.78 is 5.11. The van der Waals surface area contributed by atoms with Gasteiger partial charge in [0.1, 0.15) is 6.23 Å². The minimum Gasteiger partial charge on any atom is -0.354 e. The summed E-state index contributed by atoms with van der Waals surface area (Å²) in [6.45, 7) is 5.31. The maximum absolute atomic E-state index is 5.11. The van der Waals surface area contributed by atoms with Crippen LogP contribution in [-0.2, 0) is 4.74 Å². The molecule has 1 heterocycles. The molecule has 2 atom stereocenters. The van der Waals surface area contributed by atoms with Crippen LogP contribution >= 0.6 is 0 Å². The molecule has 48 valence electrons. The van der Waals surface area contributed by atoms with Crippen LogP contribution in [0.2, 0.25) is 0 Å². The van der Waals surface area contributed by atoms with Crippen molar-refractivity contribution in [2.75, 3.05) is 6.54 Å².